The van der Waals surface area contributed by atoms with Crippen LogP contribution in [0.3, 0.4) is 0 Å². The van der Waals surface area contributed by atoms with Crippen LogP contribution < -0.4 is 4.74 Å². The number of carbonyl (C=O) groups excluding carboxylic acids is 3. The molecule has 0 bridgehead atoms. The van der Waals surface area contributed by atoms with Crippen LogP contribution in [0, 0.1) is 0 Å². The van der Waals surface area contributed by atoms with Gasteiger partial charge in [-0.15, -0.1) is 0 Å². The number of hydrogen-bond acceptors (Lipinski definition) is 5. The highest BCUT2D eigenvalue weighted by Crippen LogP contribution is 2.20. The molecule has 0 N–H and O–H groups in total. The normalized spacial score (nSPS) is 10.4. The fraction of sp³-hybridized carbons (Fsp3) is 0.348. The number of rotatable bonds is 8. The summed E-state index contributed by atoms with van der Waals surface area (Å²) in [7, 11) is 0. The summed E-state index contributed by atoms with van der Waals surface area (Å²) in [6.07, 6.45) is 4.93. The summed E-state index contributed by atoms with van der Waals surface area (Å²) in [5, 5.41) is 0. The first kappa shape index (κ1) is 21.4. The van der Waals surface area contributed by atoms with Gasteiger partial charge in [0.25, 0.3) is 0 Å². The summed E-state index contributed by atoms with van der Waals surface area (Å²) in [6, 6.07) is 11.9. The molecule has 2 aromatic carbocycles. The average molecular weight is 382 g/mol. The standard InChI is InChI=1S/C23H26O5/c1-4-6-9-17-12-13-21(18(14-17)8-5-2)23(26)28-20-11-7-10-19(15-20)22(25)27-16(3)24/h7,10-15H,4-6,8-9H2,1-3H3. The Morgan fingerprint density at radius 1 is 0.893 bits per heavy atom. The van der Waals surface area contributed by atoms with Gasteiger partial charge < -0.3 is 9.47 Å². The maximum absolute atomic E-state index is 12.7. The van der Waals surface area contributed by atoms with Crippen LogP contribution in [0.4, 0.5) is 0 Å². The van der Waals surface area contributed by atoms with Crippen LogP contribution in [0.25, 0.3) is 0 Å². The number of benzene rings is 2. The van der Waals surface area contributed by atoms with E-state index in [1.165, 1.54) is 17.7 Å². The highest BCUT2D eigenvalue weighted by atomic mass is 16.6. The predicted octanol–water partition coefficient (Wildman–Crippen LogP) is 4.90. The second kappa shape index (κ2) is 10.4. The molecule has 0 fully saturated rings. The van der Waals surface area contributed by atoms with Crippen molar-refractivity contribution < 1.29 is 23.9 Å². The van der Waals surface area contributed by atoms with Crippen molar-refractivity contribution >= 4 is 17.9 Å². The fourth-order valence-electron chi connectivity index (χ4n) is 2.90. The van der Waals surface area contributed by atoms with Crippen LogP contribution in [0.15, 0.2) is 42.5 Å². The van der Waals surface area contributed by atoms with Crippen molar-refractivity contribution in [1.82, 2.24) is 0 Å². The topological polar surface area (TPSA) is 69.7 Å². The maximum atomic E-state index is 12.7. The lowest BCUT2D eigenvalue weighted by Gasteiger charge is -2.11. The molecule has 0 atom stereocenters. The number of hydrogen-bond donors (Lipinski definition) is 0. The average Bonchev–Trinajstić information content (AvgIpc) is 2.66. The predicted molar refractivity (Wildman–Crippen MR) is 107 cm³/mol. The van der Waals surface area contributed by atoms with Gasteiger partial charge in [0, 0.05) is 6.92 Å². The van der Waals surface area contributed by atoms with E-state index < -0.39 is 17.9 Å². The molecule has 0 radical (unpaired) electrons. The third kappa shape index (κ3) is 6.05. The van der Waals surface area contributed by atoms with Crippen LogP contribution in [-0.2, 0) is 22.4 Å². The zero-order chi connectivity index (χ0) is 20.5. The minimum atomic E-state index is -0.780. The van der Waals surface area contributed by atoms with Gasteiger partial charge in [-0.25, -0.2) is 9.59 Å². The van der Waals surface area contributed by atoms with E-state index in [0.717, 1.165) is 44.6 Å². The molecular weight excluding hydrogens is 356 g/mol. The van der Waals surface area contributed by atoms with Crippen LogP contribution in [0.2, 0.25) is 0 Å². The number of unbranched alkanes of at least 4 members (excludes halogenated alkanes) is 1. The Labute approximate surface area is 165 Å². The van der Waals surface area contributed by atoms with E-state index in [-0.39, 0.29) is 11.3 Å². The van der Waals surface area contributed by atoms with Crippen molar-refractivity contribution in [1.29, 1.82) is 0 Å². The number of carbonyl (C=O) groups is 3. The Bertz CT molecular complexity index is 854. The molecular formula is C23H26O5. The van der Waals surface area contributed by atoms with Crippen molar-refractivity contribution in [3.8, 4) is 5.75 Å². The molecule has 5 heteroatoms. The molecule has 0 saturated heterocycles. The van der Waals surface area contributed by atoms with Gasteiger partial charge in [-0.2, -0.15) is 0 Å². The minimum absolute atomic E-state index is 0.143. The number of esters is 3. The largest absolute Gasteiger partial charge is 0.423 e. The number of aryl methyl sites for hydroxylation is 2. The molecule has 0 aliphatic carbocycles. The first-order chi connectivity index (χ1) is 13.4. The SMILES string of the molecule is CCCCc1ccc(C(=O)Oc2cccc(C(=O)OC(C)=O)c2)c(CCC)c1. The summed E-state index contributed by atoms with van der Waals surface area (Å²) in [6.45, 7) is 5.37. The molecule has 2 rings (SSSR count). The smallest absolute Gasteiger partial charge is 0.345 e. The lowest BCUT2D eigenvalue weighted by atomic mass is 9.98. The highest BCUT2D eigenvalue weighted by Gasteiger charge is 2.16. The minimum Gasteiger partial charge on any atom is -0.423 e. The highest BCUT2D eigenvalue weighted by molar-refractivity contribution is 5.97. The quantitative estimate of drug-likeness (QED) is 0.369. The molecule has 5 nitrogen and oxygen atoms in total. The zero-order valence-electron chi connectivity index (χ0n) is 16.6. The lowest BCUT2D eigenvalue weighted by molar-refractivity contribution is -0.135. The Hall–Kier alpha value is -2.95. The molecule has 28 heavy (non-hydrogen) atoms. The summed E-state index contributed by atoms with van der Waals surface area (Å²) in [4.78, 5) is 35.5. The van der Waals surface area contributed by atoms with E-state index in [9.17, 15) is 14.4 Å². The molecule has 0 amide bonds. The van der Waals surface area contributed by atoms with Crippen molar-refractivity contribution in [3.63, 3.8) is 0 Å². The Balaban J connectivity index is 2.20. The van der Waals surface area contributed by atoms with E-state index in [1.54, 1.807) is 12.1 Å². The van der Waals surface area contributed by atoms with E-state index in [1.807, 2.05) is 12.1 Å². The van der Waals surface area contributed by atoms with Gasteiger partial charge >= 0.3 is 17.9 Å². The van der Waals surface area contributed by atoms with Gasteiger partial charge in [0.2, 0.25) is 0 Å². The second-order valence-corrected chi connectivity index (χ2v) is 6.64. The van der Waals surface area contributed by atoms with E-state index in [0.29, 0.717) is 5.56 Å². The zero-order valence-corrected chi connectivity index (χ0v) is 16.6. The second-order valence-electron chi connectivity index (χ2n) is 6.64. The summed E-state index contributed by atoms with van der Waals surface area (Å²) < 4.78 is 10.0. The molecule has 2 aromatic rings. The molecule has 0 aliphatic rings. The Morgan fingerprint density at radius 2 is 1.68 bits per heavy atom. The maximum Gasteiger partial charge on any atom is 0.345 e. The third-order valence-electron chi connectivity index (χ3n) is 4.24. The lowest BCUT2D eigenvalue weighted by Crippen LogP contribution is -2.13. The molecule has 0 spiro atoms. The molecule has 148 valence electrons. The summed E-state index contributed by atoms with van der Waals surface area (Å²) >= 11 is 0. The van der Waals surface area contributed by atoms with E-state index in [2.05, 4.69) is 24.7 Å². The van der Waals surface area contributed by atoms with Crippen LogP contribution in [0.1, 0.15) is 71.9 Å². The van der Waals surface area contributed by atoms with Gasteiger partial charge in [0.1, 0.15) is 5.75 Å². The third-order valence-corrected chi connectivity index (χ3v) is 4.24. The first-order valence-electron chi connectivity index (χ1n) is 9.61. The first-order valence-corrected chi connectivity index (χ1v) is 9.61. The van der Waals surface area contributed by atoms with E-state index in [4.69, 9.17) is 4.74 Å². The monoisotopic (exact) mass is 382 g/mol. The van der Waals surface area contributed by atoms with Crippen LogP contribution in [-0.4, -0.2) is 17.9 Å². The molecule has 0 aromatic heterocycles. The summed E-state index contributed by atoms with van der Waals surface area (Å²) in [5.74, 6) is -1.72. The van der Waals surface area contributed by atoms with Crippen molar-refractivity contribution in [3.05, 3.63) is 64.7 Å². The molecule has 0 aliphatic heterocycles. The van der Waals surface area contributed by atoms with Gasteiger partial charge in [-0.1, -0.05) is 44.9 Å². The van der Waals surface area contributed by atoms with Crippen LogP contribution in [0.5, 0.6) is 5.75 Å². The Kier molecular flexibility index (Phi) is 7.93. The van der Waals surface area contributed by atoms with Gasteiger partial charge in [-0.05, 0) is 54.7 Å². The summed E-state index contributed by atoms with van der Waals surface area (Å²) in [5.41, 5.74) is 2.85. The van der Waals surface area contributed by atoms with Crippen LogP contribution >= 0.6 is 0 Å². The van der Waals surface area contributed by atoms with Crippen molar-refractivity contribution in [2.45, 2.75) is 52.9 Å². The Morgan fingerprint density at radius 3 is 2.36 bits per heavy atom. The van der Waals surface area contributed by atoms with Gasteiger partial charge in [0.05, 0.1) is 11.1 Å². The van der Waals surface area contributed by atoms with Gasteiger partial charge in [-0.3, -0.25) is 4.79 Å². The fourth-order valence-corrected chi connectivity index (χ4v) is 2.90. The number of ether oxygens (including phenoxy) is 2. The van der Waals surface area contributed by atoms with Gasteiger partial charge in [0.15, 0.2) is 0 Å². The van der Waals surface area contributed by atoms with Crippen molar-refractivity contribution in [2.24, 2.45) is 0 Å². The molecule has 0 unspecified atom stereocenters. The molecule has 0 saturated carbocycles. The van der Waals surface area contributed by atoms with E-state index >= 15 is 0 Å². The van der Waals surface area contributed by atoms with Crippen molar-refractivity contribution in [2.75, 3.05) is 0 Å². The molecule has 0 heterocycles.